The summed E-state index contributed by atoms with van der Waals surface area (Å²) in [5, 5.41) is 15.6. The minimum absolute atomic E-state index is 0.0339. The van der Waals surface area contributed by atoms with Gasteiger partial charge in [-0.05, 0) is 36.1 Å². The number of ether oxygens (including phenoxy) is 2. The quantitative estimate of drug-likeness (QED) is 0.343. The first kappa shape index (κ1) is 25.3. The smallest absolute Gasteiger partial charge is 0.353 e. The van der Waals surface area contributed by atoms with Crippen molar-refractivity contribution < 1.29 is 14.4 Å². The van der Waals surface area contributed by atoms with Crippen molar-refractivity contribution in [3.05, 3.63) is 76.1 Å². The number of piperidine rings is 1. The van der Waals surface area contributed by atoms with E-state index in [0.717, 1.165) is 69.2 Å². The third-order valence-electron chi connectivity index (χ3n) is 7.68. The van der Waals surface area contributed by atoms with Crippen LogP contribution >= 0.6 is 0 Å². The molecule has 2 saturated heterocycles. The fraction of sp³-hybridized carbons (Fsp3) is 0.429. The van der Waals surface area contributed by atoms with Crippen molar-refractivity contribution in [2.24, 2.45) is 0 Å². The van der Waals surface area contributed by atoms with Gasteiger partial charge in [-0.2, -0.15) is 0 Å². The molecule has 2 aromatic carbocycles. The molecule has 204 valence electrons. The Hall–Kier alpha value is -3.96. The maximum atomic E-state index is 12.2. The molecule has 0 spiro atoms. The van der Waals surface area contributed by atoms with Gasteiger partial charge in [-0.15, -0.1) is 0 Å². The van der Waals surface area contributed by atoms with E-state index in [-0.39, 0.29) is 23.4 Å². The molecule has 0 saturated carbocycles. The normalized spacial score (nSPS) is 18.3. The number of rotatable bonds is 8. The summed E-state index contributed by atoms with van der Waals surface area (Å²) in [6.45, 7) is 6.70. The molecule has 3 aliphatic heterocycles. The molecule has 11 heteroatoms. The lowest BCUT2D eigenvalue weighted by atomic mass is 10.0. The van der Waals surface area contributed by atoms with E-state index in [1.54, 1.807) is 0 Å². The van der Waals surface area contributed by atoms with Crippen LogP contribution in [0.15, 0.2) is 54.9 Å². The summed E-state index contributed by atoms with van der Waals surface area (Å²) in [6.07, 6.45) is 3.25. The first-order chi connectivity index (χ1) is 19.1. The summed E-state index contributed by atoms with van der Waals surface area (Å²) < 4.78 is 10.9. The molecule has 0 atom stereocenters. The van der Waals surface area contributed by atoms with Gasteiger partial charge in [-0.1, -0.05) is 36.4 Å². The van der Waals surface area contributed by atoms with Crippen molar-refractivity contribution in [1.29, 1.82) is 0 Å². The Bertz CT molecular complexity index is 1290. The van der Waals surface area contributed by atoms with Crippen LogP contribution in [0.4, 0.5) is 17.3 Å². The van der Waals surface area contributed by atoms with Crippen LogP contribution in [0.2, 0.25) is 0 Å². The van der Waals surface area contributed by atoms with Gasteiger partial charge in [-0.25, -0.2) is 9.97 Å². The van der Waals surface area contributed by atoms with E-state index in [1.807, 2.05) is 23.1 Å². The largest absolute Gasteiger partial charge is 0.454 e. The number of likely N-dealkylation sites (tertiary alicyclic amines) is 1. The molecule has 4 heterocycles. The molecular weight excluding hydrogens is 498 g/mol. The molecule has 0 amide bonds. The number of anilines is 2. The molecule has 0 unspecified atom stereocenters. The average Bonchev–Trinajstić information content (AvgIpc) is 3.43. The second-order valence-corrected chi connectivity index (χ2v) is 10.3. The van der Waals surface area contributed by atoms with E-state index in [0.29, 0.717) is 24.7 Å². The number of piperazine rings is 1. The van der Waals surface area contributed by atoms with Crippen molar-refractivity contribution in [3.63, 3.8) is 0 Å². The lowest BCUT2D eigenvalue weighted by molar-refractivity contribution is -0.383. The molecule has 11 nitrogen and oxygen atoms in total. The van der Waals surface area contributed by atoms with Crippen molar-refractivity contribution in [2.75, 3.05) is 56.3 Å². The maximum Gasteiger partial charge on any atom is 0.353 e. The van der Waals surface area contributed by atoms with E-state index in [9.17, 15) is 10.1 Å². The highest BCUT2D eigenvalue weighted by atomic mass is 16.7. The summed E-state index contributed by atoms with van der Waals surface area (Å²) >= 11 is 0. The van der Waals surface area contributed by atoms with E-state index in [1.165, 1.54) is 11.9 Å². The average molecular weight is 532 g/mol. The van der Waals surface area contributed by atoms with Crippen LogP contribution in [0.25, 0.3) is 0 Å². The summed E-state index contributed by atoms with van der Waals surface area (Å²) in [5.74, 6) is 2.27. The Labute approximate surface area is 227 Å². The van der Waals surface area contributed by atoms with Crippen LogP contribution in [-0.2, 0) is 13.1 Å². The molecule has 1 N–H and O–H groups in total. The zero-order valence-corrected chi connectivity index (χ0v) is 21.9. The molecule has 3 aromatic rings. The van der Waals surface area contributed by atoms with Crippen molar-refractivity contribution in [3.8, 4) is 11.5 Å². The number of hydrogen-bond acceptors (Lipinski definition) is 10. The third-order valence-corrected chi connectivity index (χ3v) is 7.68. The predicted octanol–water partition coefficient (Wildman–Crippen LogP) is 3.51. The number of nitrogens with one attached hydrogen (secondary N) is 1. The number of hydrogen-bond donors (Lipinski definition) is 1. The van der Waals surface area contributed by atoms with E-state index in [2.05, 4.69) is 55.4 Å². The van der Waals surface area contributed by atoms with Crippen LogP contribution in [0, 0.1) is 10.1 Å². The van der Waals surface area contributed by atoms with Crippen LogP contribution in [0.3, 0.4) is 0 Å². The summed E-state index contributed by atoms with van der Waals surface area (Å²) in [7, 11) is 0. The van der Waals surface area contributed by atoms with E-state index < -0.39 is 0 Å². The lowest BCUT2D eigenvalue weighted by Gasteiger charge is -2.35. The van der Waals surface area contributed by atoms with Gasteiger partial charge in [0.05, 0.1) is 4.92 Å². The summed E-state index contributed by atoms with van der Waals surface area (Å²) in [4.78, 5) is 27.3. The van der Waals surface area contributed by atoms with Crippen LogP contribution in [-0.4, -0.2) is 76.8 Å². The molecule has 3 aliphatic rings. The van der Waals surface area contributed by atoms with E-state index in [4.69, 9.17) is 9.47 Å². The fourth-order valence-corrected chi connectivity index (χ4v) is 5.56. The monoisotopic (exact) mass is 531 g/mol. The zero-order valence-electron chi connectivity index (χ0n) is 21.9. The lowest BCUT2D eigenvalue weighted by Crippen LogP contribution is -2.46. The van der Waals surface area contributed by atoms with E-state index >= 15 is 0 Å². The van der Waals surface area contributed by atoms with Crippen molar-refractivity contribution >= 4 is 17.3 Å². The number of benzene rings is 2. The standard InChI is InChI=1S/C28H33N7O4/c36-35(37)26-27(31-23-8-10-32(11-9-23)17-21-4-2-1-3-5-21)29-19-30-28(26)34-14-12-33(13-15-34)18-22-6-7-24-25(16-22)39-20-38-24/h1-7,16,19,23H,8-15,17-18,20H2,(H,29,30,31). The van der Waals surface area contributed by atoms with Crippen LogP contribution in [0.1, 0.15) is 24.0 Å². The highest BCUT2D eigenvalue weighted by Crippen LogP contribution is 2.35. The topological polar surface area (TPSA) is 109 Å². The van der Waals surface area contributed by atoms with Gasteiger partial charge < -0.3 is 19.7 Å². The minimum atomic E-state index is -0.346. The molecule has 1 aromatic heterocycles. The Balaban J connectivity index is 1.06. The molecule has 2 fully saturated rings. The highest BCUT2D eigenvalue weighted by Gasteiger charge is 2.31. The minimum Gasteiger partial charge on any atom is -0.454 e. The van der Waals surface area contributed by atoms with Gasteiger partial charge in [0.15, 0.2) is 11.5 Å². The van der Waals surface area contributed by atoms with Gasteiger partial charge in [-0.3, -0.25) is 19.9 Å². The third kappa shape index (κ3) is 5.89. The number of fused-ring (bicyclic) bond motifs is 1. The number of nitro groups is 1. The zero-order chi connectivity index (χ0) is 26.6. The maximum absolute atomic E-state index is 12.2. The first-order valence-corrected chi connectivity index (χ1v) is 13.5. The SMILES string of the molecule is O=[N+]([O-])c1c(NC2CCN(Cc3ccccc3)CC2)ncnc1N1CCN(Cc2ccc3c(c2)OCO3)CC1. The molecule has 39 heavy (non-hydrogen) atoms. The summed E-state index contributed by atoms with van der Waals surface area (Å²) in [5.41, 5.74) is 2.42. The Morgan fingerprint density at radius 3 is 2.36 bits per heavy atom. The van der Waals surface area contributed by atoms with Crippen molar-refractivity contribution in [2.45, 2.75) is 32.0 Å². The van der Waals surface area contributed by atoms with Gasteiger partial charge >= 0.3 is 5.69 Å². The Morgan fingerprint density at radius 2 is 1.59 bits per heavy atom. The molecule has 0 bridgehead atoms. The number of aromatic nitrogens is 2. The molecule has 0 radical (unpaired) electrons. The second kappa shape index (κ2) is 11.4. The van der Waals surface area contributed by atoms with Crippen LogP contribution in [0.5, 0.6) is 11.5 Å². The summed E-state index contributed by atoms with van der Waals surface area (Å²) in [6, 6.07) is 16.6. The van der Waals surface area contributed by atoms with Gasteiger partial charge in [0.25, 0.3) is 0 Å². The van der Waals surface area contributed by atoms with Gasteiger partial charge in [0, 0.05) is 58.4 Å². The predicted molar refractivity (Wildman–Crippen MR) is 147 cm³/mol. The van der Waals surface area contributed by atoms with Gasteiger partial charge in [0.2, 0.25) is 18.4 Å². The molecule has 6 rings (SSSR count). The first-order valence-electron chi connectivity index (χ1n) is 13.5. The number of nitrogens with zero attached hydrogens (tertiary/aromatic N) is 6. The molecular formula is C28H33N7O4. The van der Waals surface area contributed by atoms with Crippen LogP contribution < -0.4 is 19.7 Å². The fourth-order valence-electron chi connectivity index (χ4n) is 5.56. The molecule has 0 aliphatic carbocycles. The van der Waals surface area contributed by atoms with Crippen molar-refractivity contribution in [1.82, 2.24) is 19.8 Å². The Kier molecular flexibility index (Phi) is 7.42. The highest BCUT2D eigenvalue weighted by molar-refractivity contribution is 5.70. The van der Waals surface area contributed by atoms with Gasteiger partial charge in [0.1, 0.15) is 6.33 Å². The second-order valence-electron chi connectivity index (χ2n) is 10.3. The Morgan fingerprint density at radius 1 is 0.872 bits per heavy atom.